The van der Waals surface area contributed by atoms with Crippen LogP contribution in [0.4, 0.5) is 0 Å². The molecule has 0 amide bonds. The molecule has 2 N–H and O–H groups in total. The van der Waals surface area contributed by atoms with Gasteiger partial charge in [0, 0.05) is 0 Å². The summed E-state index contributed by atoms with van der Waals surface area (Å²) in [6, 6.07) is 6.80. The molecule has 2 aromatic rings. The maximum Gasteiger partial charge on any atom is 0.275 e. The quantitative estimate of drug-likeness (QED) is 0.824. The lowest BCUT2D eigenvalue weighted by molar-refractivity contribution is 0.161. The Morgan fingerprint density at radius 3 is 2.60 bits per heavy atom. The molecule has 0 aliphatic carbocycles. The summed E-state index contributed by atoms with van der Waals surface area (Å²) < 4.78 is 5.99. The molecule has 1 aromatic heterocycles. The Morgan fingerprint density at radius 1 is 1.24 bits per heavy atom. The van der Waals surface area contributed by atoms with Gasteiger partial charge in [-0.3, -0.25) is 4.79 Å². The highest BCUT2D eigenvalue weighted by molar-refractivity contribution is 6.42. The molecule has 1 saturated heterocycles. The Kier molecular flexibility index (Phi) is 6.68. The van der Waals surface area contributed by atoms with E-state index in [2.05, 4.69) is 15.5 Å². The number of benzene rings is 1. The average Bonchev–Trinajstić information content (AvgIpc) is 2.59. The Labute approximate surface area is 160 Å². The first-order chi connectivity index (χ1) is 11.6. The van der Waals surface area contributed by atoms with Crippen molar-refractivity contribution in [3.63, 3.8) is 0 Å². The zero-order valence-electron chi connectivity index (χ0n) is 13.0. The molecule has 3 rings (SSSR count). The van der Waals surface area contributed by atoms with Gasteiger partial charge in [0.25, 0.3) is 5.56 Å². The molecule has 25 heavy (non-hydrogen) atoms. The van der Waals surface area contributed by atoms with Gasteiger partial charge in [-0.2, -0.15) is 10.4 Å². The highest BCUT2D eigenvalue weighted by Crippen LogP contribution is 2.33. The summed E-state index contributed by atoms with van der Waals surface area (Å²) in [5.41, 5.74) is 0.345. The smallest absolute Gasteiger partial charge is 0.275 e. The van der Waals surface area contributed by atoms with Crippen LogP contribution in [0.15, 0.2) is 23.0 Å². The number of ether oxygens (including phenoxy) is 1. The van der Waals surface area contributed by atoms with Crippen LogP contribution < -0.4 is 15.6 Å². The average molecular weight is 402 g/mol. The SMILES string of the molecule is Cl.N#Cc1n[nH]c(=O)c(-c2ccc(Cl)c(Cl)c2)c1OC1CCNCC1. The minimum absolute atomic E-state index is 0. The van der Waals surface area contributed by atoms with Crippen LogP contribution in [0.5, 0.6) is 5.75 Å². The fourth-order valence-corrected chi connectivity index (χ4v) is 2.92. The van der Waals surface area contributed by atoms with Crippen molar-refractivity contribution in [1.82, 2.24) is 15.5 Å². The van der Waals surface area contributed by atoms with E-state index in [4.69, 9.17) is 27.9 Å². The largest absolute Gasteiger partial charge is 0.486 e. The van der Waals surface area contributed by atoms with Gasteiger partial charge in [-0.25, -0.2) is 5.10 Å². The second kappa shape index (κ2) is 8.54. The zero-order valence-corrected chi connectivity index (χ0v) is 15.3. The summed E-state index contributed by atoms with van der Waals surface area (Å²) >= 11 is 12.0. The molecule has 1 aliphatic rings. The third-order valence-electron chi connectivity index (χ3n) is 3.82. The van der Waals surface area contributed by atoms with Crippen LogP contribution in [0.3, 0.4) is 0 Å². The van der Waals surface area contributed by atoms with E-state index in [-0.39, 0.29) is 35.5 Å². The maximum absolute atomic E-state index is 12.4. The molecule has 1 fully saturated rings. The lowest BCUT2D eigenvalue weighted by Gasteiger charge is -2.25. The topological polar surface area (TPSA) is 90.8 Å². The van der Waals surface area contributed by atoms with E-state index in [1.807, 2.05) is 6.07 Å². The van der Waals surface area contributed by atoms with E-state index in [0.29, 0.717) is 15.6 Å². The van der Waals surface area contributed by atoms with Gasteiger partial charge in [0.2, 0.25) is 5.69 Å². The number of piperidine rings is 1. The highest BCUT2D eigenvalue weighted by atomic mass is 35.5. The molecule has 9 heteroatoms. The molecule has 0 atom stereocenters. The molecule has 0 bridgehead atoms. The molecular formula is C16H15Cl3N4O2. The van der Waals surface area contributed by atoms with E-state index >= 15 is 0 Å². The first-order valence-corrected chi connectivity index (χ1v) is 8.21. The molecule has 0 saturated carbocycles. The van der Waals surface area contributed by atoms with Crippen LogP contribution in [0.25, 0.3) is 11.1 Å². The van der Waals surface area contributed by atoms with Crippen LogP contribution in [0.1, 0.15) is 18.5 Å². The summed E-state index contributed by atoms with van der Waals surface area (Å²) in [6.07, 6.45) is 1.50. The predicted octanol–water partition coefficient (Wildman–Crippen LogP) is 3.17. The van der Waals surface area contributed by atoms with Gasteiger partial charge in [0.1, 0.15) is 12.2 Å². The van der Waals surface area contributed by atoms with Gasteiger partial charge in [-0.15, -0.1) is 12.4 Å². The van der Waals surface area contributed by atoms with Gasteiger partial charge in [0.15, 0.2) is 5.75 Å². The molecular weight excluding hydrogens is 387 g/mol. The van der Waals surface area contributed by atoms with Crippen molar-refractivity contribution in [2.24, 2.45) is 0 Å². The fraction of sp³-hybridized carbons (Fsp3) is 0.312. The molecule has 2 heterocycles. The number of rotatable bonds is 3. The number of nitrogens with one attached hydrogen (secondary N) is 2. The van der Waals surface area contributed by atoms with Crippen LogP contribution in [0.2, 0.25) is 10.0 Å². The van der Waals surface area contributed by atoms with Gasteiger partial charge in [-0.1, -0.05) is 29.3 Å². The molecule has 0 spiro atoms. The van der Waals surface area contributed by atoms with Gasteiger partial charge in [0.05, 0.1) is 15.6 Å². The van der Waals surface area contributed by atoms with E-state index in [1.165, 1.54) is 0 Å². The third kappa shape index (κ3) is 4.25. The monoisotopic (exact) mass is 400 g/mol. The number of aromatic amines is 1. The Morgan fingerprint density at radius 2 is 1.96 bits per heavy atom. The Balaban J connectivity index is 0.00000225. The normalized spacial score (nSPS) is 14.4. The van der Waals surface area contributed by atoms with Crippen LogP contribution in [0, 0.1) is 11.3 Å². The van der Waals surface area contributed by atoms with Crippen molar-refractivity contribution >= 4 is 35.6 Å². The summed E-state index contributed by atoms with van der Waals surface area (Å²) in [5.74, 6) is 0.187. The summed E-state index contributed by atoms with van der Waals surface area (Å²) in [7, 11) is 0. The molecule has 1 aromatic carbocycles. The van der Waals surface area contributed by atoms with Crippen LogP contribution in [-0.4, -0.2) is 29.4 Å². The number of hydrogen-bond acceptors (Lipinski definition) is 5. The Hall–Kier alpha value is -1.78. The first-order valence-electron chi connectivity index (χ1n) is 7.45. The second-order valence-corrected chi connectivity index (χ2v) is 6.23. The van der Waals surface area contributed by atoms with Crippen molar-refractivity contribution < 1.29 is 4.74 Å². The van der Waals surface area contributed by atoms with Gasteiger partial charge >= 0.3 is 0 Å². The van der Waals surface area contributed by atoms with E-state index in [1.54, 1.807) is 18.2 Å². The predicted molar refractivity (Wildman–Crippen MR) is 98.8 cm³/mol. The van der Waals surface area contributed by atoms with E-state index < -0.39 is 5.56 Å². The van der Waals surface area contributed by atoms with Crippen LogP contribution in [-0.2, 0) is 0 Å². The standard InChI is InChI=1S/C16H14Cl2N4O2.ClH/c17-11-2-1-9(7-12(11)18)14-15(13(8-19)21-22-16(14)23)24-10-3-5-20-6-4-10;/h1-2,7,10,20H,3-6H2,(H,22,23);1H. The lowest BCUT2D eigenvalue weighted by atomic mass is 10.0. The zero-order chi connectivity index (χ0) is 17.1. The number of nitrogens with zero attached hydrogens (tertiary/aromatic N) is 2. The van der Waals surface area contributed by atoms with E-state index in [0.717, 1.165) is 25.9 Å². The third-order valence-corrected chi connectivity index (χ3v) is 4.56. The van der Waals surface area contributed by atoms with Crippen molar-refractivity contribution in [2.75, 3.05) is 13.1 Å². The molecule has 6 nitrogen and oxygen atoms in total. The molecule has 1 aliphatic heterocycles. The summed E-state index contributed by atoms with van der Waals surface area (Å²) in [4.78, 5) is 12.4. The van der Waals surface area contributed by atoms with Gasteiger partial charge in [-0.05, 0) is 43.6 Å². The minimum Gasteiger partial charge on any atom is -0.486 e. The Bertz CT molecular complexity index is 857. The highest BCUT2D eigenvalue weighted by Gasteiger charge is 2.23. The number of halogens is 3. The lowest BCUT2D eigenvalue weighted by Crippen LogP contribution is -2.34. The summed E-state index contributed by atoms with van der Waals surface area (Å²) in [6.45, 7) is 1.65. The maximum atomic E-state index is 12.4. The molecule has 132 valence electrons. The second-order valence-electron chi connectivity index (χ2n) is 5.41. The number of H-pyrrole nitrogens is 1. The van der Waals surface area contributed by atoms with Crippen molar-refractivity contribution in [3.8, 4) is 22.9 Å². The van der Waals surface area contributed by atoms with Crippen molar-refractivity contribution in [2.45, 2.75) is 18.9 Å². The van der Waals surface area contributed by atoms with Crippen LogP contribution >= 0.6 is 35.6 Å². The number of nitriles is 1. The van der Waals surface area contributed by atoms with E-state index in [9.17, 15) is 10.1 Å². The minimum atomic E-state index is -0.448. The van der Waals surface area contributed by atoms with Gasteiger partial charge < -0.3 is 10.1 Å². The number of aromatic nitrogens is 2. The van der Waals surface area contributed by atoms with Crippen molar-refractivity contribution in [1.29, 1.82) is 5.26 Å². The molecule has 0 unspecified atom stereocenters. The number of hydrogen-bond donors (Lipinski definition) is 2. The molecule has 0 radical (unpaired) electrons. The first kappa shape index (κ1) is 19.5. The summed E-state index contributed by atoms with van der Waals surface area (Å²) in [5, 5.41) is 19.4. The van der Waals surface area contributed by atoms with Crippen molar-refractivity contribution in [3.05, 3.63) is 44.3 Å². The fourth-order valence-electron chi connectivity index (χ4n) is 2.62.